The highest BCUT2D eigenvalue weighted by Crippen LogP contribution is 2.39. The van der Waals surface area contributed by atoms with Gasteiger partial charge >= 0.3 is 0 Å². The molecule has 1 aliphatic carbocycles. The summed E-state index contributed by atoms with van der Waals surface area (Å²) in [7, 11) is 0. The van der Waals surface area contributed by atoms with Gasteiger partial charge in [0.2, 0.25) is 5.91 Å². The molecule has 1 atom stereocenters. The van der Waals surface area contributed by atoms with E-state index < -0.39 is 0 Å². The molecule has 5 heteroatoms. The number of benzene rings is 1. The minimum absolute atomic E-state index is 0.0525. The largest absolute Gasteiger partial charge is 0.375 e. The Morgan fingerprint density at radius 3 is 2.83 bits per heavy atom. The molecule has 1 unspecified atom stereocenters. The lowest BCUT2D eigenvalue weighted by Crippen LogP contribution is -2.49. The van der Waals surface area contributed by atoms with Crippen LogP contribution >= 0.6 is 0 Å². The smallest absolute Gasteiger partial charge is 0.223 e. The van der Waals surface area contributed by atoms with Crippen molar-refractivity contribution in [3.63, 3.8) is 0 Å². The summed E-state index contributed by atoms with van der Waals surface area (Å²) in [6, 6.07) is 10.6. The normalized spacial score (nSPS) is 24.2. The molecule has 2 saturated heterocycles. The third-order valence-electron chi connectivity index (χ3n) is 7.27. The minimum atomic E-state index is 0.0525. The molecule has 1 aromatic heterocycles. The van der Waals surface area contributed by atoms with Crippen LogP contribution in [0.15, 0.2) is 36.5 Å². The molecule has 160 valence electrons. The van der Waals surface area contributed by atoms with Crippen molar-refractivity contribution in [1.29, 1.82) is 0 Å². The maximum atomic E-state index is 11.9. The number of pyridine rings is 1. The Labute approximate surface area is 179 Å². The topological polar surface area (TPSA) is 54.5 Å². The van der Waals surface area contributed by atoms with E-state index in [4.69, 9.17) is 4.74 Å². The summed E-state index contributed by atoms with van der Waals surface area (Å²) >= 11 is 0. The van der Waals surface area contributed by atoms with E-state index >= 15 is 0 Å². The number of piperidine rings is 1. The molecular weight excluding hydrogens is 374 g/mol. The summed E-state index contributed by atoms with van der Waals surface area (Å²) in [4.78, 5) is 19.0. The molecule has 1 saturated carbocycles. The molecule has 1 aromatic carbocycles. The number of carbonyl (C=O) groups is 1. The number of hydrogen-bond donors (Lipinski definition) is 1. The molecule has 2 aromatic rings. The third kappa shape index (κ3) is 4.52. The van der Waals surface area contributed by atoms with Gasteiger partial charge in [-0.25, -0.2) is 0 Å². The van der Waals surface area contributed by atoms with Gasteiger partial charge in [0.05, 0.1) is 11.1 Å². The first-order chi connectivity index (χ1) is 14.7. The number of aromatic nitrogens is 1. The number of nitrogens with zero attached hydrogens (tertiary/aromatic N) is 2. The molecule has 3 aliphatic rings. The lowest BCUT2D eigenvalue weighted by molar-refractivity contribution is -0.129. The average Bonchev–Trinajstić information content (AvgIpc) is 3.62. The molecule has 1 spiro atoms. The van der Waals surface area contributed by atoms with Crippen molar-refractivity contribution in [2.45, 2.75) is 57.1 Å². The van der Waals surface area contributed by atoms with E-state index in [0.29, 0.717) is 11.8 Å². The molecule has 1 amide bonds. The Bertz CT molecular complexity index is 882. The number of nitrogens with one attached hydrogen (secondary N) is 1. The van der Waals surface area contributed by atoms with E-state index in [1.807, 2.05) is 12.3 Å². The summed E-state index contributed by atoms with van der Waals surface area (Å²) in [6.45, 7) is 4.81. The van der Waals surface area contributed by atoms with Crippen LogP contribution in [0, 0.1) is 11.8 Å². The summed E-state index contributed by atoms with van der Waals surface area (Å²) in [5.41, 5.74) is 2.50. The number of carbonyl (C=O) groups excluding carboxylic acids is 1. The Kier molecular flexibility index (Phi) is 5.74. The lowest BCUT2D eigenvalue weighted by Gasteiger charge is -2.46. The Morgan fingerprint density at radius 2 is 2.00 bits per heavy atom. The predicted octanol–water partition coefficient (Wildman–Crippen LogP) is 3.91. The minimum Gasteiger partial charge on any atom is -0.375 e. The molecule has 1 N–H and O–H groups in total. The van der Waals surface area contributed by atoms with Crippen LogP contribution in [-0.2, 0) is 16.1 Å². The van der Waals surface area contributed by atoms with E-state index in [1.54, 1.807) is 0 Å². The van der Waals surface area contributed by atoms with Crippen molar-refractivity contribution >= 4 is 16.8 Å². The lowest BCUT2D eigenvalue weighted by atomic mass is 9.78. The Hall–Kier alpha value is -1.98. The first-order valence-corrected chi connectivity index (χ1v) is 11.7. The quantitative estimate of drug-likeness (QED) is 0.789. The van der Waals surface area contributed by atoms with Gasteiger partial charge in [-0.1, -0.05) is 24.3 Å². The SMILES string of the molecule is O=C(NCCC1CCOC2(CCN(Cc3cccc4cccnc34)CC2)C1)C1CC1. The molecular formula is C25H33N3O2. The van der Waals surface area contributed by atoms with Gasteiger partial charge in [0.25, 0.3) is 0 Å². The van der Waals surface area contributed by atoms with Crippen LogP contribution in [0.3, 0.4) is 0 Å². The van der Waals surface area contributed by atoms with Crippen molar-refractivity contribution < 1.29 is 9.53 Å². The summed E-state index contributed by atoms with van der Waals surface area (Å²) in [5, 5.41) is 4.36. The molecule has 0 bridgehead atoms. The zero-order chi connectivity index (χ0) is 20.4. The number of rotatable bonds is 6. The van der Waals surface area contributed by atoms with Gasteiger partial charge in [0.15, 0.2) is 0 Å². The Balaban J connectivity index is 1.13. The van der Waals surface area contributed by atoms with Crippen LogP contribution in [0.1, 0.15) is 50.5 Å². The van der Waals surface area contributed by atoms with Crippen molar-refractivity contribution in [3.8, 4) is 0 Å². The number of fused-ring (bicyclic) bond motifs is 1. The van der Waals surface area contributed by atoms with Crippen LogP contribution in [-0.4, -0.2) is 47.6 Å². The number of amides is 1. The second-order valence-electron chi connectivity index (χ2n) is 9.51. The van der Waals surface area contributed by atoms with E-state index in [2.05, 4.69) is 39.5 Å². The summed E-state index contributed by atoms with van der Waals surface area (Å²) in [6.07, 6.45) is 9.64. The molecule has 5 nitrogen and oxygen atoms in total. The van der Waals surface area contributed by atoms with Gasteiger partial charge in [-0.2, -0.15) is 0 Å². The highest BCUT2D eigenvalue weighted by molar-refractivity contribution is 5.81. The number of hydrogen-bond acceptors (Lipinski definition) is 4. The van der Waals surface area contributed by atoms with Crippen molar-refractivity contribution in [2.75, 3.05) is 26.2 Å². The van der Waals surface area contributed by atoms with Gasteiger partial charge < -0.3 is 10.1 Å². The first-order valence-electron chi connectivity index (χ1n) is 11.7. The zero-order valence-electron chi connectivity index (χ0n) is 17.8. The first kappa shape index (κ1) is 20.0. The second kappa shape index (κ2) is 8.64. The predicted molar refractivity (Wildman–Crippen MR) is 118 cm³/mol. The standard InChI is InChI=1S/C25H33N3O2/c29-24(21-6-7-21)27-13-8-19-9-16-30-25(17-19)10-14-28(15-11-25)18-22-4-1-3-20-5-2-12-26-23(20)22/h1-5,12,19,21H,6-11,13-18H2,(H,27,29). The van der Waals surface area contributed by atoms with Gasteiger partial charge in [0, 0.05) is 50.3 Å². The fourth-order valence-electron chi connectivity index (χ4n) is 5.27. The molecule has 2 aliphatic heterocycles. The molecule has 3 fully saturated rings. The van der Waals surface area contributed by atoms with Crippen LogP contribution in [0.2, 0.25) is 0 Å². The zero-order valence-corrected chi connectivity index (χ0v) is 17.8. The summed E-state index contributed by atoms with van der Waals surface area (Å²) in [5.74, 6) is 1.26. The second-order valence-corrected chi connectivity index (χ2v) is 9.51. The van der Waals surface area contributed by atoms with E-state index in [-0.39, 0.29) is 11.5 Å². The molecule has 30 heavy (non-hydrogen) atoms. The average molecular weight is 408 g/mol. The van der Waals surface area contributed by atoms with E-state index in [9.17, 15) is 4.79 Å². The number of likely N-dealkylation sites (tertiary alicyclic amines) is 1. The molecule has 0 radical (unpaired) electrons. The van der Waals surface area contributed by atoms with Gasteiger partial charge in [-0.05, 0) is 62.5 Å². The van der Waals surface area contributed by atoms with Gasteiger partial charge in [0.1, 0.15) is 0 Å². The maximum absolute atomic E-state index is 11.9. The number of para-hydroxylation sites is 1. The fraction of sp³-hybridized carbons (Fsp3) is 0.600. The van der Waals surface area contributed by atoms with Crippen molar-refractivity contribution in [3.05, 3.63) is 42.1 Å². The fourth-order valence-corrected chi connectivity index (χ4v) is 5.27. The third-order valence-corrected chi connectivity index (χ3v) is 7.27. The maximum Gasteiger partial charge on any atom is 0.223 e. The van der Waals surface area contributed by atoms with Gasteiger partial charge in [-0.3, -0.25) is 14.7 Å². The Morgan fingerprint density at radius 1 is 1.17 bits per heavy atom. The van der Waals surface area contributed by atoms with Gasteiger partial charge in [-0.15, -0.1) is 0 Å². The van der Waals surface area contributed by atoms with Crippen molar-refractivity contribution in [2.24, 2.45) is 11.8 Å². The monoisotopic (exact) mass is 407 g/mol. The highest BCUT2D eigenvalue weighted by atomic mass is 16.5. The highest BCUT2D eigenvalue weighted by Gasteiger charge is 2.40. The van der Waals surface area contributed by atoms with Crippen LogP contribution < -0.4 is 5.32 Å². The molecule has 3 heterocycles. The number of ether oxygens (including phenoxy) is 1. The van der Waals surface area contributed by atoms with E-state index in [1.165, 1.54) is 10.9 Å². The molecule has 5 rings (SSSR count). The van der Waals surface area contributed by atoms with Crippen LogP contribution in [0.25, 0.3) is 10.9 Å². The summed E-state index contributed by atoms with van der Waals surface area (Å²) < 4.78 is 6.35. The van der Waals surface area contributed by atoms with Crippen LogP contribution in [0.4, 0.5) is 0 Å². The van der Waals surface area contributed by atoms with Crippen molar-refractivity contribution in [1.82, 2.24) is 15.2 Å². The van der Waals surface area contributed by atoms with Crippen LogP contribution in [0.5, 0.6) is 0 Å². The van der Waals surface area contributed by atoms with E-state index in [0.717, 1.165) is 83.2 Å².